The molecule has 3 nitrogen and oxygen atoms in total. The van der Waals surface area contributed by atoms with Crippen molar-refractivity contribution in [1.82, 2.24) is 0 Å². The van der Waals surface area contributed by atoms with Gasteiger partial charge in [-0.05, 0) is 19.8 Å². The fourth-order valence-electron chi connectivity index (χ4n) is 1.91. The second-order valence-corrected chi connectivity index (χ2v) is 3.45. The van der Waals surface area contributed by atoms with Crippen LogP contribution in [0, 0.1) is 11.8 Å². The average Bonchev–Trinajstić information content (AvgIpc) is 2.34. The van der Waals surface area contributed by atoms with E-state index in [2.05, 4.69) is 0 Å². The third-order valence-corrected chi connectivity index (χ3v) is 2.61. The Kier molecular flexibility index (Phi) is 11.7. The molecule has 96 valence electrons. The third-order valence-electron chi connectivity index (χ3n) is 2.61. The smallest absolute Gasteiger partial charge is 0.307 e. The first-order valence-electron chi connectivity index (χ1n) is 6.36. The van der Waals surface area contributed by atoms with Gasteiger partial charge in [-0.3, -0.25) is 9.59 Å². The van der Waals surface area contributed by atoms with Crippen LogP contribution in [0.15, 0.2) is 0 Å². The first kappa shape index (κ1) is 17.5. The summed E-state index contributed by atoms with van der Waals surface area (Å²) in [6.07, 6.45) is 3.36. The molecule has 0 aliphatic heterocycles. The van der Waals surface area contributed by atoms with Gasteiger partial charge in [0.05, 0.1) is 5.92 Å². The summed E-state index contributed by atoms with van der Waals surface area (Å²) in [5.74, 6) is -1.43. The zero-order chi connectivity index (χ0) is 13.1. The Morgan fingerprint density at radius 3 is 1.56 bits per heavy atom. The quantitative estimate of drug-likeness (QED) is 0.789. The molecule has 0 aromatic carbocycles. The van der Waals surface area contributed by atoms with E-state index in [0.717, 1.165) is 19.3 Å². The predicted octanol–water partition coefficient (Wildman–Crippen LogP) is 3.52. The summed E-state index contributed by atoms with van der Waals surface area (Å²) in [6.45, 7) is 9.49. The number of hydrogen-bond acceptors (Lipinski definition) is 2. The molecule has 16 heavy (non-hydrogen) atoms. The van der Waals surface area contributed by atoms with Gasteiger partial charge in [0.1, 0.15) is 5.78 Å². The molecule has 2 atom stereocenters. The lowest BCUT2D eigenvalue weighted by atomic mass is 9.77. The maximum absolute atomic E-state index is 11.1. The molecular weight excluding hydrogens is 204 g/mol. The van der Waals surface area contributed by atoms with Gasteiger partial charge in [-0.15, -0.1) is 0 Å². The molecule has 0 spiro atoms. The zero-order valence-electron chi connectivity index (χ0n) is 11.2. The molecule has 2 unspecified atom stereocenters. The van der Waals surface area contributed by atoms with Gasteiger partial charge in [-0.2, -0.15) is 0 Å². The van der Waals surface area contributed by atoms with E-state index in [0.29, 0.717) is 6.42 Å². The number of carbonyl (C=O) groups excluding carboxylic acids is 1. The number of aliphatic carboxylic acids is 1. The number of rotatable bonds is 2. The standard InChI is InChI=1S/C9H14O3.2C2H6/c1-6(10)7-4-2-3-5-8(7)9(11)12;2*1-2/h7-8H,2-5H2,1H3,(H,11,12);2*1-2H3. The van der Waals surface area contributed by atoms with Crippen LogP contribution >= 0.6 is 0 Å². The summed E-state index contributed by atoms with van der Waals surface area (Å²) in [7, 11) is 0. The summed E-state index contributed by atoms with van der Waals surface area (Å²) < 4.78 is 0. The van der Waals surface area contributed by atoms with Crippen LogP contribution in [-0.4, -0.2) is 16.9 Å². The van der Waals surface area contributed by atoms with E-state index in [-0.39, 0.29) is 11.7 Å². The third kappa shape index (κ3) is 5.89. The molecule has 0 aromatic rings. The second kappa shape index (κ2) is 10.7. The largest absolute Gasteiger partial charge is 0.481 e. The van der Waals surface area contributed by atoms with Gasteiger partial charge in [0.15, 0.2) is 0 Å². The molecule has 1 N–H and O–H groups in total. The van der Waals surface area contributed by atoms with Gasteiger partial charge in [-0.25, -0.2) is 0 Å². The molecule has 1 fully saturated rings. The van der Waals surface area contributed by atoms with Crippen LogP contribution < -0.4 is 0 Å². The molecule has 0 aromatic heterocycles. The maximum atomic E-state index is 11.1. The van der Waals surface area contributed by atoms with Crippen LogP contribution in [0.1, 0.15) is 60.3 Å². The van der Waals surface area contributed by atoms with Gasteiger partial charge in [0, 0.05) is 5.92 Å². The van der Waals surface area contributed by atoms with Gasteiger partial charge < -0.3 is 5.11 Å². The van der Waals surface area contributed by atoms with Crippen molar-refractivity contribution in [1.29, 1.82) is 0 Å². The minimum absolute atomic E-state index is 0.0297. The van der Waals surface area contributed by atoms with Crippen molar-refractivity contribution in [2.75, 3.05) is 0 Å². The summed E-state index contributed by atoms with van der Waals surface area (Å²) in [5.41, 5.74) is 0. The highest BCUT2D eigenvalue weighted by atomic mass is 16.4. The summed E-state index contributed by atoms with van der Waals surface area (Å²) in [6, 6.07) is 0. The van der Waals surface area contributed by atoms with E-state index in [4.69, 9.17) is 5.11 Å². The lowest BCUT2D eigenvalue weighted by molar-refractivity contribution is -0.148. The Hall–Kier alpha value is -0.860. The summed E-state index contributed by atoms with van der Waals surface area (Å²) >= 11 is 0. The molecule has 1 saturated carbocycles. The monoisotopic (exact) mass is 230 g/mol. The van der Waals surface area contributed by atoms with Crippen molar-refractivity contribution in [3.05, 3.63) is 0 Å². The molecule has 0 saturated heterocycles. The van der Waals surface area contributed by atoms with Gasteiger partial charge in [-0.1, -0.05) is 40.5 Å². The minimum atomic E-state index is -0.810. The average molecular weight is 230 g/mol. The molecule has 3 heteroatoms. The molecule has 0 amide bonds. The van der Waals surface area contributed by atoms with E-state index >= 15 is 0 Å². The number of ketones is 1. The molecule has 0 heterocycles. The van der Waals surface area contributed by atoms with Crippen molar-refractivity contribution >= 4 is 11.8 Å². The Bertz CT molecular complexity index is 177. The summed E-state index contributed by atoms with van der Waals surface area (Å²) in [4.78, 5) is 21.8. The highest BCUT2D eigenvalue weighted by Gasteiger charge is 2.33. The first-order chi connectivity index (χ1) is 7.63. The lowest BCUT2D eigenvalue weighted by Gasteiger charge is -2.25. The van der Waals surface area contributed by atoms with Crippen LogP contribution in [-0.2, 0) is 9.59 Å². The number of Topliss-reactive ketones (excluding diaryl/α,β-unsaturated/α-hetero) is 1. The highest BCUT2D eigenvalue weighted by molar-refractivity contribution is 5.84. The molecule has 0 bridgehead atoms. The van der Waals surface area contributed by atoms with Crippen molar-refractivity contribution < 1.29 is 14.7 Å². The fourth-order valence-corrected chi connectivity index (χ4v) is 1.91. The molecule has 0 radical (unpaired) electrons. The fraction of sp³-hybridized carbons (Fsp3) is 0.846. The van der Waals surface area contributed by atoms with Crippen LogP contribution in [0.4, 0.5) is 0 Å². The van der Waals surface area contributed by atoms with Crippen molar-refractivity contribution in [3.8, 4) is 0 Å². The number of carboxylic acid groups (broad SMARTS) is 1. The van der Waals surface area contributed by atoms with Crippen LogP contribution in [0.25, 0.3) is 0 Å². The van der Waals surface area contributed by atoms with E-state index in [1.165, 1.54) is 6.92 Å². The Morgan fingerprint density at radius 2 is 1.31 bits per heavy atom. The van der Waals surface area contributed by atoms with Crippen molar-refractivity contribution in [3.63, 3.8) is 0 Å². The van der Waals surface area contributed by atoms with Crippen LogP contribution in [0.3, 0.4) is 0 Å². The van der Waals surface area contributed by atoms with Crippen LogP contribution in [0.5, 0.6) is 0 Å². The Morgan fingerprint density at radius 1 is 0.938 bits per heavy atom. The van der Waals surface area contributed by atoms with Gasteiger partial charge in [0.2, 0.25) is 0 Å². The Balaban J connectivity index is 0. The number of carbonyl (C=O) groups is 2. The Labute approximate surface area is 99.2 Å². The lowest BCUT2D eigenvalue weighted by Crippen LogP contribution is -2.31. The predicted molar refractivity (Wildman–Crippen MR) is 66.5 cm³/mol. The van der Waals surface area contributed by atoms with Crippen molar-refractivity contribution in [2.45, 2.75) is 60.3 Å². The summed E-state index contributed by atoms with van der Waals surface area (Å²) in [5, 5.41) is 8.81. The molecular formula is C13H26O3. The molecule has 1 rings (SSSR count). The van der Waals surface area contributed by atoms with Crippen molar-refractivity contribution in [2.24, 2.45) is 11.8 Å². The normalized spacial score (nSPS) is 23.1. The molecule has 1 aliphatic rings. The van der Waals surface area contributed by atoms with E-state index in [1.54, 1.807) is 0 Å². The van der Waals surface area contributed by atoms with E-state index < -0.39 is 11.9 Å². The second-order valence-electron chi connectivity index (χ2n) is 3.45. The topological polar surface area (TPSA) is 54.4 Å². The number of hydrogen-bond donors (Lipinski definition) is 1. The SMILES string of the molecule is CC.CC.CC(=O)C1CCCCC1C(=O)O. The maximum Gasteiger partial charge on any atom is 0.307 e. The zero-order valence-corrected chi connectivity index (χ0v) is 11.2. The first-order valence-corrected chi connectivity index (χ1v) is 6.36. The van der Waals surface area contributed by atoms with Gasteiger partial charge in [0.25, 0.3) is 0 Å². The molecule has 1 aliphatic carbocycles. The van der Waals surface area contributed by atoms with E-state index in [9.17, 15) is 9.59 Å². The minimum Gasteiger partial charge on any atom is -0.481 e. The van der Waals surface area contributed by atoms with Crippen LogP contribution in [0.2, 0.25) is 0 Å². The number of carboxylic acids is 1. The highest BCUT2D eigenvalue weighted by Crippen LogP contribution is 2.30. The van der Waals surface area contributed by atoms with E-state index in [1.807, 2.05) is 27.7 Å². The van der Waals surface area contributed by atoms with Gasteiger partial charge >= 0.3 is 5.97 Å².